The topological polar surface area (TPSA) is 91.0 Å². The fourth-order valence-electron chi connectivity index (χ4n) is 3.96. The van der Waals surface area contributed by atoms with Crippen LogP contribution < -0.4 is 10.6 Å². The Labute approximate surface area is 196 Å². The number of carbonyl (C=O) groups excluding carboxylic acids is 1. The summed E-state index contributed by atoms with van der Waals surface area (Å²) >= 11 is 0. The molecule has 172 valence electrons. The molecule has 0 unspecified atom stereocenters. The Morgan fingerprint density at radius 3 is 2.52 bits per heavy atom. The SMILES string of the molecule is CCCC(CCC)CNCc1ccc(-c2cc(-c3cccc(C(=O)NCC#N)c3)no2)cc1. The maximum absolute atomic E-state index is 12.1. The second kappa shape index (κ2) is 12.6. The van der Waals surface area contributed by atoms with Crippen LogP contribution in [0.1, 0.15) is 55.5 Å². The lowest BCUT2D eigenvalue weighted by atomic mass is 9.98. The predicted molar refractivity (Wildman–Crippen MR) is 130 cm³/mol. The van der Waals surface area contributed by atoms with E-state index in [1.54, 1.807) is 18.2 Å². The summed E-state index contributed by atoms with van der Waals surface area (Å²) in [7, 11) is 0. The first-order valence-corrected chi connectivity index (χ1v) is 11.7. The van der Waals surface area contributed by atoms with Crippen LogP contribution in [0.4, 0.5) is 0 Å². The van der Waals surface area contributed by atoms with E-state index in [1.165, 1.54) is 31.2 Å². The van der Waals surface area contributed by atoms with Gasteiger partial charge in [0.25, 0.3) is 5.91 Å². The molecule has 0 atom stereocenters. The fraction of sp³-hybridized carbons (Fsp3) is 0.370. The molecule has 0 saturated heterocycles. The summed E-state index contributed by atoms with van der Waals surface area (Å²) in [5, 5.41) is 19.0. The summed E-state index contributed by atoms with van der Waals surface area (Å²) in [6.07, 6.45) is 5.03. The van der Waals surface area contributed by atoms with Gasteiger partial charge in [-0.3, -0.25) is 4.79 Å². The molecule has 0 aliphatic heterocycles. The summed E-state index contributed by atoms with van der Waals surface area (Å²) in [6.45, 7) is 6.39. The maximum atomic E-state index is 12.1. The summed E-state index contributed by atoms with van der Waals surface area (Å²) in [5.41, 5.74) is 4.11. The van der Waals surface area contributed by atoms with Gasteiger partial charge in [0.05, 0.1) is 6.07 Å². The van der Waals surface area contributed by atoms with Crippen molar-refractivity contribution in [3.05, 3.63) is 65.7 Å². The fourth-order valence-corrected chi connectivity index (χ4v) is 3.96. The van der Waals surface area contributed by atoms with E-state index in [4.69, 9.17) is 9.78 Å². The van der Waals surface area contributed by atoms with Crippen LogP contribution in [0.2, 0.25) is 0 Å². The number of aromatic nitrogens is 1. The lowest BCUT2D eigenvalue weighted by Gasteiger charge is -2.16. The monoisotopic (exact) mass is 444 g/mol. The second-order valence-corrected chi connectivity index (χ2v) is 8.27. The minimum absolute atomic E-state index is 0.0270. The van der Waals surface area contributed by atoms with E-state index in [0.717, 1.165) is 30.1 Å². The quantitative estimate of drug-likeness (QED) is 0.357. The minimum Gasteiger partial charge on any atom is -0.356 e. The van der Waals surface area contributed by atoms with Gasteiger partial charge in [0.15, 0.2) is 5.76 Å². The summed E-state index contributed by atoms with van der Waals surface area (Å²) in [5.74, 6) is 1.14. The first kappa shape index (κ1) is 24.2. The van der Waals surface area contributed by atoms with E-state index < -0.39 is 0 Å². The molecule has 2 aromatic carbocycles. The molecule has 3 rings (SSSR count). The predicted octanol–water partition coefficient (Wildman–Crippen LogP) is 5.57. The number of carbonyl (C=O) groups is 1. The molecule has 0 fully saturated rings. The van der Waals surface area contributed by atoms with Crippen molar-refractivity contribution in [2.45, 2.75) is 46.1 Å². The van der Waals surface area contributed by atoms with Crippen LogP contribution in [0.5, 0.6) is 0 Å². The summed E-state index contributed by atoms with van der Waals surface area (Å²) < 4.78 is 5.57. The molecule has 0 aliphatic rings. The molecular formula is C27H32N4O2. The highest BCUT2D eigenvalue weighted by molar-refractivity contribution is 5.95. The Hall–Kier alpha value is -3.43. The van der Waals surface area contributed by atoms with Crippen LogP contribution in [0, 0.1) is 17.2 Å². The first-order chi connectivity index (χ1) is 16.1. The third kappa shape index (κ3) is 7.03. The highest BCUT2D eigenvalue weighted by Crippen LogP contribution is 2.27. The Bertz CT molecular complexity index is 1060. The van der Waals surface area contributed by atoms with E-state index in [1.807, 2.05) is 30.3 Å². The Balaban J connectivity index is 1.62. The molecule has 0 saturated carbocycles. The van der Waals surface area contributed by atoms with Gasteiger partial charge in [-0.1, -0.05) is 68.2 Å². The van der Waals surface area contributed by atoms with Gasteiger partial charge in [-0.15, -0.1) is 0 Å². The van der Waals surface area contributed by atoms with Gasteiger partial charge in [0, 0.05) is 29.3 Å². The zero-order valence-corrected chi connectivity index (χ0v) is 19.4. The third-order valence-electron chi connectivity index (χ3n) is 5.65. The first-order valence-electron chi connectivity index (χ1n) is 11.7. The molecule has 3 aromatic rings. The Morgan fingerprint density at radius 1 is 1.06 bits per heavy atom. The molecule has 1 heterocycles. The lowest BCUT2D eigenvalue weighted by molar-refractivity contribution is 0.0958. The molecule has 0 bridgehead atoms. The van der Waals surface area contributed by atoms with Gasteiger partial charge >= 0.3 is 0 Å². The zero-order chi connectivity index (χ0) is 23.5. The molecule has 0 spiro atoms. The molecule has 6 heteroatoms. The van der Waals surface area contributed by atoms with E-state index >= 15 is 0 Å². The van der Waals surface area contributed by atoms with E-state index in [-0.39, 0.29) is 12.5 Å². The number of rotatable bonds is 12. The van der Waals surface area contributed by atoms with Crippen LogP contribution in [0.3, 0.4) is 0 Å². The number of amides is 1. The molecule has 1 amide bonds. The number of nitrogens with zero attached hydrogens (tertiary/aromatic N) is 2. The highest BCUT2D eigenvalue weighted by atomic mass is 16.5. The standard InChI is InChI=1S/C27H32N4O2/c1-3-6-20(7-4-2)18-29-19-21-10-12-22(13-11-21)26-17-25(31-33-26)23-8-5-9-24(16-23)27(32)30-15-14-28/h5,8-13,16-17,20,29H,3-4,6-7,15,18-19H2,1-2H3,(H,30,32). The number of nitriles is 1. The van der Waals surface area contributed by atoms with Crippen molar-refractivity contribution in [3.8, 4) is 28.7 Å². The van der Waals surface area contributed by atoms with Gasteiger partial charge in [0.1, 0.15) is 12.2 Å². The van der Waals surface area contributed by atoms with Crippen molar-refractivity contribution in [2.75, 3.05) is 13.1 Å². The molecule has 1 aromatic heterocycles. The Morgan fingerprint density at radius 2 is 1.82 bits per heavy atom. The largest absolute Gasteiger partial charge is 0.356 e. The number of benzene rings is 2. The second-order valence-electron chi connectivity index (χ2n) is 8.27. The normalized spacial score (nSPS) is 10.8. The minimum atomic E-state index is -0.290. The smallest absolute Gasteiger partial charge is 0.252 e. The summed E-state index contributed by atoms with van der Waals surface area (Å²) in [4.78, 5) is 12.1. The average Bonchev–Trinajstić information content (AvgIpc) is 3.34. The van der Waals surface area contributed by atoms with Crippen molar-refractivity contribution in [1.82, 2.24) is 15.8 Å². The van der Waals surface area contributed by atoms with Crippen molar-refractivity contribution in [1.29, 1.82) is 5.26 Å². The van der Waals surface area contributed by atoms with Crippen molar-refractivity contribution < 1.29 is 9.32 Å². The van der Waals surface area contributed by atoms with Crippen LogP contribution in [0.25, 0.3) is 22.6 Å². The van der Waals surface area contributed by atoms with Gasteiger partial charge in [0.2, 0.25) is 0 Å². The van der Waals surface area contributed by atoms with Gasteiger partial charge in [-0.05, 0) is 43.0 Å². The molecule has 6 nitrogen and oxygen atoms in total. The van der Waals surface area contributed by atoms with Crippen LogP contribution >= 0.6 is 0 Å². The van der Waals surface area contributed by atoms with Crippen LogP contribution in [0.15, 0.2) is 59.1 Å². The van der Waals surface area contributed by atoms with Gasteiger partial charge in [-0.25, -0.2) is 0 Å². The van der Waals surface area contributed by atoms with E-state index in [0.29, 0.717) is 17.0 Å². The van der Waals surface area contributed by atoms with Gasteiger partial charge in [-0.2, -0.15) is 5.26 Å². The number of hydrogen-bond acceptors (Lipinski definition) is 5. The van der Waals surface area contributed by atoms with E-state index in [9.17, 15) is 4.79 Å². The number of nitrogens with one attached hydrogen (secondary N) is 2. The maximum Gasteiger partial charge on any atom is 0.252 e. The molecule has 2 N–H and O–H groups in total. The number of hydrogen-bond donors (Lipinski definition) is 2. The van der Waals surface area contributed by atoms with Crippen LogP contribution in [-0.2, 0) is 6.54 Å². The molecule has 33 heavy (non-hydrogen) atoms. The van der Waals surface area contributed by atoms with Crippen molar-refractivity contribution >= 4 is 5.91 Å². The molecular weight excluding hydrogens is 412 g/mol. The Kier molecular flexibility index (Phi) is 9.22. The third-order valence-corrected chi connectivity index (χ3v) is 5.65. The summed E-state index contributed by atoms with van der Waals surface area (Å²) in [6, 6.07) is 19.2. The van der Waals surface area contributed by atoms with Gasteiger partial charge < -0.3 is 15.2 Å². The zero-order valence-electron chi connectivity index (χ0n) is 19.4. The van der Waals surface area contributed by atoms with Crippen LogP contribution in [-0.4, -0.2) is 24.2 Å². The molecule has 0 radical (unpaired) electrons. The van der Waals surface area contributed by atoms with Crippen molar-refractivity contribution in [3.63, 3.8) is 0 Å². The molecule has 0 aliphatic carbocycles. The average molecular weight is 445 g/mol. The van der Waals surface area contributed by atoms with Crippen molar-refractivity contribution in [2.24, 2.45) is 5.92 Å². The lowest BCUT2D eigenvalue weighted by Crippen LogP contribution is -2.23. The van der Waals surface area contributed by atoms with E-state index in [2.05, 4.69) is 41.8 Å². The highest BCUT2D eigenvalue weighted by Gasteiger charge is 2.12.